The predicted molar refractivity (Wildman–Crippen MR) is 140 cm³/mol. The van der Waals surface area contributed by atoms with Crippen LogP contribution in [-0.2, 0) is 17.8 Å². The molecule has 0 aromatic heterocycles. The summed E-state index contributed by atoms with van der Waals surface area (Å²) in [6, 6.07) is 18.4. The summed E-state index contributed by atoms with van der Waals surface area (Å²) >= 11 is 8.48. The van der Waals surface area contributed by atoms with Crippen molar-refractivity contribution in [1.29, 1.82) is 0 Å². The number of ether oxygens (including phenoxy) is 1. The van der Waals surface area contributed by atoms with E-state index in [1.54, 1.807) is 18.2 Å². The average Bonchev–Trinajstić information content (AvgIpc) is 3.13. The van der Waals surface area contributed by atoms with Crippen LogP contribution in [0.15, 0.2) is 74.5 Å². The summed E-state index contributed by atoms with van der Waals surface area (Å²) in [4.78, 5) is 13.1. The Bertz CT molecular complexity index is 1180. The minimum Gasteiger partial charge on any atom is -0.486 e. The van der Waals surface area contributed by atoms with E-state index in [1.807, 2.05) is 30.3 Å². The third kappa shape index (κ3) is 5.99. The molecule has 0 radical (unpaired) electrons. The zero-order chi connectivity index (χ0) is 23.4. The van der Waals surface area contributed by atoms with Crippen molar-refractivity contribution in [3.8, 4) is 5.75 Å². The molecule has 1 atom stereocenters. The van der Waals surface area contributed by atoms with Gasteiger partial charge in [0.1, 0.15) is 18.2 Å². The van der Waals surface area contributed by atoms with Gasteiger partial charge in [-0.3, -0.25) is 4.79 Å². The van der Waals surface area contributed by atoms with E-state index in [0.717, 1.165) is 17.7 Å². The van der Waals surface area contributed by atoms with Crippen molar-refractivity contribution in [2.45, 2.75) is 25.4 Å². The second kappa shape index (κ2) is 10.8. The van der Waals surface area contributed by atoms with Crippen molar-refractivity contribution in [3.63, 3.8) is 0 Å². The molecule has 0 spiro atoms. The van der Waals surface area contributed by atoms with Crippen LogP contribution in [0.5, 0.6) is 5.75 Å². The first-order valence-corrected chi connectivity index (χ1v) is 12.8. The first kappa shape index (κ1) is 23.9. The lowest BCUT2D eigenvalue weighted by atomic mass is 10.1. The number of rotatable bonds is 7. The summed E-state index contributed by atoms with van der Waals surface area (Å²) < 4.78 is 21.1. The number of nitrogens with one attached hydrogen (secondary N) is 2. The molecule has 1 aliphatic rings. The van der Waals surface area contributed by atoms with Gasteiger partial charge in [-0.05, 0) is 85.8 Å². The molecule has 1 aliphatic heterocycles. The van der Waals surface area contributed by atoms with E-state index in [4.69, 9.17) is 4.74 Å². The summed E-state index contributed by atoms with van der Waals surface area (Å²) in [7, 11) is 0. The molecule has 0 saturated carbocycles. The van der Waals surface area contributed by atoms with Gasteiger partial charge in [0.25, 0.3) is 5.91 Å². The number of carbonyl (C=O) groups excluding carboxylic acids is 1. The van der Waals surface area contributed by atoms with E-state index in [-0.39, 0.29) is 23.8 Å². The van der Waals surface area contributed by atoms with Gasteiger partial charge < -0.3 is 15.4 Å². The fraction of sp³-hybridized carbons (Fsp3) is 0.160. The summed E-state index contributed by atoms with van der Waals surface area (Å²) in [6.45, 7) is 2.22. The van der Waals surface area contributed by atoms with E-state index in [0.29, 0.717) is 25.2 Å². The number of amides is 1. The molecule has 4 rings (SSSR count). The maximum atomic E-state index is 13.9. The van der Waals surface area contributed by atoms with Crippen molar-refractivity contribution in [2.24, 2.45) is 0 Å². The highest BCUT2D eigenvalue weighted by Gasteiger charge is 2.27. The SMILES string of the molecule is CCc1ccc(N[C@H]2NC(=O)/C(=C/c3cc(Br)c(OCc4ccccc4F)c(Br)c3)S2)cc1. The van der Waals surface area contributed by atoms with Gasteiger partial charge in [-0.25, -0.2) is 4.39 Å². The van der Waals surface area contributed by atoms with Gasteiger partial charge in [0.2, 0.25) is 0 Å². The highest BCUT2D eigenvalue weighted by Crippen LogP contribution is 2.37. The molecule has 0 unspecified atom stereocenters. The molecular weight excluding hydrogens is 571 g/mol. The van der Waals surface area contributed by atoms with Crippen LogP contribution in [0.25, 0.3) is 6.08 Å². The molecule has 0 bridgehead atoms. The van der Waals surface area contributed by atoms with Crippen molar-refractivity contribution in [2.75, 3.05) is 5.32 Å². The molecular formula is C25H21Br2FN2O2S. The van der Waals surface area contributed by atoms with Gasteiger partial charge in [-0.15, -0.1) is 0 Å². The lowest BCUT2D eigenvalue weighted by Gasteiger charge is -2.13. The van der Waals surface area contributed by atoms with Gasteiger partial charge in [-0.2, -0.15) is 0 Å². The maximum absolute atomic E-state index is 13.9. The molecule has 2 N–H and O–H groups in total. The Morgan fingerprint density at radius 1 is 1.12 bits per heavy atom. The van der Waals surface area contributed by atoms with Crippen molar-refractivity contribution in [3.05, 3.63) is 97.0 Å². The van der Waals surface area contributed by atoms with Gasteiger partial charge >= 0.3 is 0 Å². The van der Waals surface area contributed by atoms with Crippen LogP contribution in [-0.4, -0.2) is 11.4 Å². The van der Waals surface area contributed by atoms with Gasteiger partial charge in [-0.1, -0.05) is 49.0 Å². The number of halogens is 3. The molecule has 0 aliphatic carbocycles. The number of benzene rings is 3. The highest BCUT2D eigenvalue weighted by atomic mass is 79.9. The largest absolute Gasteiger partial charge is 0.486 e. The van der Waals surface area contributed by atoms with E-state index < -0.39 is 0 Å². The predicted octanol–water partition coefficient (Wildman–Crippen LogP) is 7.09. The number of carbonyl (C=O) groups is 1. The monoisotopic (exact) mass is 590 g/mol. The fourth-order valence-corrected chi connectivity index (χ4v) is 5.71. The zero-order valence-electron chi connectivity index (χ0n) is 17.7. The van der Waals surface area contributed by atoms with E-state index >= 15 is 0 Å². The molecule has 4 nitrogen and oxygen atoms in total. The van der Waals surface area contributed by atoms with E-state index in [9.17, 15) is 9.18 Å². The van der Waals surface area contributed by atoms with Crippen LogP contribution in [0.1, 0.15) is 23.6 Å². The molecule has 1 fully saturated rings. The zero-order valence-corrected chi connectivity index (χ0v) is 21.7. The average molecular weight is 592 g/mol. The summed E-state index contributed by atoms with van der Waals surface area (Å²) in [5.41, 5.74) is 3.28. The topological polar surface area (TPSA) is 50.4 Å². The van der Waals surface area contributed by atoms with Gasteiger partial charge in [0, 0.05) is 11.3 Å². The standard InChI is InChI=1S/C25H21Br2FN2O2S/c1-2-15-7-9-18(10-8-15)29-25-30-24(31)22(33-25)13-16-11-19(26)23(20(27)12-16)32-14-17-5-3-4-6-21(17)28/h3-13,25,29H,2,14H2,1H3,(H,30,31)/b22-13-/t25-/m0/s1. The Hall–Kier alpha value is -2.29. The molecule has 170 valence electrons. The Balaban J connectivity index is 1.44. The van der Waals surface area contributed by atoms with Crippen molar-refractivity contribution in [1.82, 2.24) is 5.32 Å². The molecule has 1 amide bonds. The minimum atomic E-state index is -0.306. The quantitative estimate of drug-likeness (QED) is 0.288. The summed E-state index contributed by atoms with van der Waals surface area (Å²) in [5.74, 6) is 0.133. The lowest BCUT2D eigenvalue weighted by Crippen LogP contribution is -2.30. The second-order valence-electron chi connectivity index (χ2n) is 7.37. The van der Waals surface area contributed by atoms with E-state index in [2.05, 4.69) is 61.5 Å². The van der Waals surface area contributed by atoms with Crippen molar-refractivity contribution < 1.29 is 13.9 Å². The van der Waals surface area contributed by atoms with Crippen LogP contribution in [0, 0.1) is 5.82 Å². The molecule has 33 heavy (non-hydrogen) atoms. The molecule has 1 saturated heterocycles. The van der Waals surface area contributed by atoms with Crippen LogP contribution >= 0.6 is 43.6 Å². The van der Waals surface area contributed by atoms with Gasteiger partial charge in [0.15, 0.2) is 5.50 Å². The van der Waals surface area contributed by atoms with Crippen LogP contribution in [0.2, 0.25) is 0 Å². The van der Waals surface area contributed by atoms with Crippen LogP contribution in [0.4, 0.5) is 10.1 Å². The maximum Gasteiger partial charge on any atom is 0.260 e. The first-order valence-electron chi connectivity index (χ1n) is 10.3. The van der Waals surface area contributed by atoms with Crippen LogP contribution < -0.4 is 15.4 Å². The Labute approximate surface area is 213 Å². The summed E-state index contributed by atoms with van der Waals surface area (Å²) in [6.07, 6.45) is 2.82. The summed E-state index contributed by atoms with van der Waals surface area (Å²) in [5, 5.41) is 6.27. The second-order valence-corrected chi connectivity index (χ2v) is 10.2. The van der Waals surface area contributed by atoms with Crippen LogP contribution in [0.3, 0.4) is 0 Å². The minimum absolute atomic E-state index is 0.106. The fourth-order valence-electron chi connectivity index (χ4n) is 3.27. The number of aryl methyl sites for hydroxylation is 1. The molecule has 1 heterocycles. The number of hydrogen-bond acceptors (Lipinski definition) is 4. The number of anilines is 1. The molecule has 3 aromatic carbocycles. The van der Waals surface area contributed by atoms with Crippen molar-refractivity contribution >= 4 is 61.3 Å². The Kier molecular flexibility index (Phi) is 7.78. The molecule has 8 heteroatoms. The normalized spacial score (nSPS) is 16.7. The number of thioether (sulfide) groups is 1. The molecule has 3 aromatic rings. The van der Waals surface area contributed by atoms with E-state index in [1.165, 1.54) is 23.4 Å². The highest BCUT2D eigenvalue weighted by molar-refractivity contribution is 9.11. The Morgan fingerprint density at radius 3 is 2.48 bits per heavy atom. The smallest absolute Gasteiger partial charge is 0.260 e. The number of hydrogen-bond donors (Lipinski definition) is 2. The first-order chi connectivity index (χ1) is 15.9. The lowest BCUT2D eigenvalue weighted by molar-refractivity contribution is -0.116. The van der Waals surface area contributed by atoms with Gasteiger partial charge in [0.05, 0.1) is 13.9 Å². The third-order valence-corrected chi connectivity index (χ3v) is 7.25. The third-order valence-electron chi connectivity index (χ3n) is 5.04. The Morgan fingerprint density at radius 2 is 1.82 bits per heavy atom.